The molecule has 1 rings (SSSR count). The second-order valence-electron chi connectivity index (χ2n) is 5.31. The van der Waals surface area contributed by atoms with Crippen LogP contribution in [0.4, 0.5) is 4.79 Å². The minimum atomic E-state index is -0.866. The van der Waals surface area contributed by atoms with Gasteiger partial charge in [0.2, 0.25) is 0 Å². The molecule has 0 aliphatic rings. The third-order valence-electron chi connectivity index (χ3n) is 2.26. The summed E-state index contributed by atoms with van der Waals surface area (Å²) in [6.07, 6.45) is 2.73. The molecule has 0 aliphatic heterocycles. The molecule has 0 unspecified atom stereocenters. The summed E-state index contributed by atoms with van der Waals surface area (Å²) in [4.78, 5) is 23.4. The van der Waals surface area contributed by atoms with Gasteiger partial charge in [-0.1, -0.05) is 0 Å². The van der Waals surface area contributed by atoms with Gasteiger partial charge in [0.05, 0.1) is 12.3 Å². The number of methoxy groups -OCH3 is 1. The van der Waals surface area contributed by atoms with Gasteiger partial charge in [-0.25, -0.2) is 9.59 Å². The minimum Gasteiger partial charge on any atom is -0.467 e. The first-order valence-corrected chi connectivity index (χ1v) is 6.18. The van der Waals surface area contributed by atoms with Crippen LogP contribution in [0.5, 0.6) is 0 Å². The number of carbonyl (C=O) groups excluding carboxylic acids is 2. The number of carbonyl (C=O) groups is 2. The molecule has 0 aliphatic carbocycles. The number of hydrogen-bond acceptors (Lipinski definition) is 5. The summed E-state index contributed by atoms with van der Waals surface area (Å²) < 4.78 is 12.9. The monoisotopic (exact) mass is 285 g/mol. The van der Waals surface area contributed by atoms with Crippen molar-refractivity contribution in [3.05, 3.63) is 12.4 Å². The Bertz CT molecular complexity index is 478. The van der Waals surface area contributed by atoms with Crippen LogP contribution in [0.15, 0.2) is 12.4 Å². The van der Waals surface area contributed by atoms with Gasteiger partial charge in [-0.05, 0) is 20.8 Å². The van der Waals surface area contributed by atoms with Gasteiger partial charge < -0.3 is 14.8 Å². The molecule has 1 atom stereocenters. The molecule has 0 aromatic carbocycles. The number of aryl methyl sites for hydroxylation is 1. The maximum Gasteiger partial charge on any atom is 0.408 e. The molecule has 1 heterocycles. The summed E-state index contributed by atoms with van der Waals surface area (Å²) in [7, 11) is 3.01. The van der Waals surface area contributed by atoms with Crippen LogP contribution >= 0.6 is 0 Å². The normalized spacial score (nSPS) is 12.7. The number of nitrogens with zero attached hydrogens (tertiary/aromatic N) is 3. The van der Waals surface area contributed by atoms with Crippen molar-refractivity contribution in [2.75, 3.05) is 7.11 Å². The quantitative estimate of drug-likeness (QED) is 0.610. The van der Waals surface area contributed by atoms with Crippen LogP contribution in [-0.4, -0.2) is 40.7 Å². The van der Waals surface area contributed by atoms with Crippen LogP contribution in [0.1, 0.15) is 20.8 Å². The number of ether oxygens (including phenoxy) is 2. The smallest absolute Gasteiger partial charge is 0.408 e. The number of esters is 1. The standard InChI is InChI=1S/C12H20N4O4/c1-12(2,3)20-11(18)13-9(10(17)19-5)8-16-7-6-15(4)14-16/h6-7,9H,8H2,1-5H3/p+1/t9-/m0/s1. The van der Waals surface area contributed by atoms with Gasteiger partial charge in [0.1, 0.15) is 19.2 Å². The molecule has 20 heavy (non-hydrogen) atoms. The second kappa shape index (κ2) is 6.36. The first-order valence-electron chi connectivity index (χ1n) is 6.18. The van der Waals surface area contributed by atoms with Crippen LogP contribution in [0.2, 0.25) is 0 Å². The molecule has 112 valence electrons. The van der Waals surface area contributed by atoms with E-state index in [0.717, 1.165) is 0 Å². The fourth-order valence-electron chi connectivity index (χ4n) is 1.47. The average Bonchev–Trinajstić information content (AvgIpc) is 2.70. The lowest BCUT2D eigenvalue weighted by Crippen LogP contribution is -2.46. The number of aromatic nitrogens is 3. The predicted octanol–water partition coefficient (Wildman–Crippen LogP) is -0.226. The molecule has 0 saturated heterocycles. The third kappa shape index (κ3) is 5.25. The number of amides is 1. The molecular formula is C12H21N4O4+. The largest absolute Gasteiger partial charge is 0.467 e. The van der Waals surface area contributed by atoms with Crippen LogP contribution in [0.25, 0.3) is 0 Å². The van der Waals surface area contributed by atoms with E-state index in [1.807, 2.05) is 0 Å². The van der Waals surface area contributed by atoms with E-state index in [0.29, 0.717) is 0 Å². The Morgan fingerprint density at radius 1 is 1.45 bits per heavy atom. The highest BCUT2D eigenvalue weighted by Crippen LogP contribution is 2.07. The Balaban J connectivity index is 2.70. The van der Waals surface area contributed by atoms with Crippen molar-refractivity contribution in [1.82, 2.24) is 15.2 Å². The Hall–Kier alpha value is -2.12. The van der Waals surface area contributed by atoms with Gasteiger partial charge in [0, 0.05) is 0 Å². The van der Waals surface area contributed by atoms with Crippen molar-refractivity contribution >= 4 is 12.1 Å². The predicted molar refractivity (Wildman–Crippen MR) is 68.6 cm³/mol. The fourth-order valence-corrected chi connectivity index (χ4v) is 1.47. The zero-order valence-corrected chi connectivity index (χ0v) is 12.4. The van der Waals surface area contributed by atoms with E-state index in [1.165, 1.54) is 11.8 Å². The Morgan fingerprint density at radius 3 is 2.55 bits per heavy atom. The van der Waals surface area contributed by atoms with Gasteiger partial charge >= 0.3 is 12.1 Å². The summed E-state index contributed by atoms with van der Waals surface area (Å²) in [5.74, 6) is -0.561. The highest BCUT2D eigenvalue weighted by Gasteiger charge is 2.27. The van der Waals surface area contributed by atoms with Gasteiger partial charge in [-0.3, -0.25) is 0 Å². The number of nitrogens with one attached hydrogen (secondary N) is 1. The minimum absolute atomic E-state index is 0.159. The van der Waals surface area contributed by atoms with Crippen molar-refractivity contribution < 1.29 is 23.7 Å². The fraction of sp³-hybridized carbons (Fsp3) is 0.667. The second-order valence-corrected chi connectivity index (χ2v) is 5.31. The summed E-state index contributed by atoms with van der Waals surface area (Å²) >= 11 is 0. The molecule has 8 nitrogen and oxygen atoms in total. The molecule has 1 aromatic rings. The maximum atomic E-state index is 11.7. The first kappa shape index (κ1) is 15.9. The lowest BCUT2D eigenvalue weighted by Gasteiger charge is -2.21. The topological polar surface area (TPSA) is 86.3 Å². The number of hydrogen-bond donors (Lipinski definition) is 1. The molecule has 1 aromatic heterocycles. The van der Waals surface area contributed by atoms with E-state index in [4.69, 9.17) is 4.74 Å². The van der Waals surface area contributed by atoms with Crippen LogP contribution in [-0.2, 0) is 27.9 Å². The average molecular weight is 285 g/mol. The van der Waals surface area contributed by atoms with Crippen molar-refractivity contribution in [2.45, 2.75) is 39.0 Å². The molecule has 1 N–H and O–H groups in total. The molecule has 0 radical (unpaired) electrons. The zero-order chi connectivity index (χ0) is 15.3. The molecule has 0 saturated carbocycles. The number of rotatable bonds is 4. The van der Waals surface area contributed by atoms with E-state index in [1.54, 1.807) is 44.9 Å². The van der Waals surface area contributed by atoms with E-state index in [-0.39, 0.29) is 6.54 Å². The summed E-state index contributed by atoms with van der Waals surface area (Å²) in [6.45, 7) is 5.39. The van der Waals surface area contributed by atoms with E-state index < -0.39 is 23.7 Å². The Morgan fingerprint density at radius 2 is 2.10 bits per heavy atom. The Labute approximate surface area is 117 Å². The van der Waals surface area contributed by atoms with Gasteiger partial charge in [0.25, 0.3) is 0 Å². The van der Waals surface area contributed by atoms with Crippen LogP contribution in [0.3, 0.4) is 0 Å². The number of alkyl carbamates (subject to hydrolysis) is 1. The van der Waals surface area contributed by atoms with E-state index >= 15 is 0 Å². The summed E-state index contributed by atoms with van der Waals surface area (Å²) in [6, 6.07) is -0.866. The summed E-state index contributed by atoms with van der Waals surface area (Å²) in [5, 5.41) is 6.56. The van der Waals surface area contributed by atoms with Crippen molar-refractivity contribution in [3.63, 3.8) is 0 Å². The van der Waals surface area contributed by atoms with Crippen LogP contribution in [0, 0.1) is 0 Å². The lowest BCUT2D eigenvalue weighted by atomic mass is 10.2. The Kier molecular flexibility index (Phi) is 5.06. The van der Waals surface area contributed by atoms with Gasteiger partial charge in [-0.15, -0.1) is 9.36 Å². The lowest BCUT2D eigenvalue weighted by molar-refractivity contribution is -0.732. The molecule has 0 spiro atoms. The summed E-state index contributed by atoms with van der Waals surface area (Å²) in [5.41, 5.74) is -0.636. The first-order chi connectivity index (χ1) is 9.21. The van der Waals surface area contributed by atoms with Crippen molar-refractivity contribution in [1.29, 1.82) is 0 Å². The van der Waals surface area contributed by atoms with Crippen molar-refractivity contribution in [3.8, 4) is 0 Å². The third-order valence-corrected chi connectivity index (χ3v) is 2.26. The molecule has 0 bridgehead atoms. The van der Waals surface area contributed by atoms with Crippen molar-refractivity contribution in [2.24, 2.45) is 7.05 Å². The van der Waals surface area contributed by atoms with Gasteiger partial charge in [0.15, 0.2) is 18.4 Å². The van der Waals surface area contributed by atoms with E-state index in [9.17, 15) is 9.59 Å². The molecular weight excluding hydrogens is 264 g/mol. The molecule has 1 amide bonds. The maximum absolute atomic E-state index is 11.7. The SMILES string of the molecule is COC(=O)[C@H](Cn1cc[n+](C)n1)NC(=O)OC(C)(C)C. The van der Waals surface area contributed by atoms with E-state index in [2.05, 4.69) is 15.3 Å². The highest BCUT2D eigenvalue weighted by molar-refractivity contribution is 5.81. The zero-order valence-electron chi connectivity index (χ0n) is 12.4. The highest BCUT2D eigenvalue weighted by atomic mass is 16.6. The van der Waals surface area contributed by atoms with Gasteiger partial charge in [-0.2, -0.15) is 0 Å². The van der Waals surface area contributed by atoms with Crippen LogP contribution < -0.4 is 10.00 Å². The molecule has 8 heteroatoms. The molecule has 0 fully saturated rings.